The Bertz CT molecular complexity index is 303. The third kappa shape index (κ3) is 1.70. The lowest BCUT2D eigenvalue weighted by atomic mass is 10.2. The number of nitrogens with zero attached hydrogens (tertiary/aromatic N) is 4. The van der Waals surface area contributed by atoms with Gasteiger partial charge in [-0.3, -0.25) is 0 Å². The lowest BCUT2D eigenvalue weighted by Crippen LogP contribution is -2.10. The summed E-state index contributed by atoms with van der Waals surface area (Å²) in [6.45, 7) is 4.94. The molecule has 1 heterocycles. The summed E-state index contributed by atoms with van der Waals surface area (Å²) in [5, 5.41) is 21.5. The van der Waals surface area contributed by atoms with Crippen LogP contribution in [0.15, 0.2) is 0 Å². The number of aliphatic hydroxyl groups is 1. The highest BCUT2D eigenvalue weighted by molar-refractivity contribution is 5.07. The molecule has 2 rings (SSSR count). The molecule has 0 aromatic carbocycles. The Kier molecular flexibility index (Phi) is 1.83. The minimum Gasteiger partial charge on any atom is -0.382 e. The van der Waals surface area contributed by atoms with Crippen LogP contribution in [0.2, 0.25) is 0 Å². The molecule has 0 unspecified atom stereocenters. The number of hydrogen-bond acceptors (Lipinski definition) is 4. The maximum atomic E-state index is 9.67. The summed E-state index contributed by atoms with van der Waals surface area (Å²) in [6, 6.07) is 0. The van der Waals surface area contributed by atoms with E-state index >= 15 is 0 Å². The average Bonchev–Trinajstić information content (AvgIpc) is 2.62. The summed E-state index contributed by atoms with van der Waals surface area (Å²) in [5.74, 6) is 0.976. The van der Waals surface area contributed by atoms with Crippen LogP contribution in [0, 0.1) is 5.92 Å². The van der Waals surface area contributed by atoms with Crippen molar-refractivity contribution in [3.05, 3.63) is 5.82 Å². The van der Waals surface area contributed by atoms with E-state index in [0.29, 0.717) is 11.7 Å². The van der Waals surface area contributed by atoms with E-state index in [2.05, 4.69) is 29.3 Å². The molecule has 5 nitrogen and oxygen atoms in total. The normalized spacial score (nSPS) is 19.4. The molecule has 1 saturated carbocycles. The number of aromatic nitrogens is 4. The van der Waals surface area contributed by atoms with Crippen LogP contribution >= 0.6 is 0 Å². The summed E-state index contributed by atoms with van der Waals surface area (Å²) < 4.78 is 0. The van der Waals surface area contributed by atoms with E-state index in [1.165, 1.54) is 0 Å². The molecule has 1 N–H and O–H groups in total. The van der Waals surface area contributed by atoms with Gasteiger partial charge in [0.2, 0.25) is 5.82 Å². The molecular formula is C8H14N4O. The molecule has 13 heavy (non-hydrogen) atoms. The Balaban J connectivity index is 2.09. The monoisotopic (exact) mass is 182 g/mol. The van der Waals surface area contributed by atoms with Crippen molar-refractivity contribution in [1.82, 2.24) is 20.2 Å². The second-order valence-corrected chi connectivity index (χ2v) is 4.09. The van der Waals surface area contributed by atoms with Crippen molar-refractivity contribution in [2.24, 2.45) is 5.92 Å². The lowest BCUT2D eigenvalue weighted by Gasteiger charge is -2.01. The molecule has 1 aliphatic rings. The van der Waals surface area contributed by atoms with Crippen LogP contribution in [-0.2, 0) is 12.1 Å². The highest BCUT2D eigenvalue weighted by Crippen LogP contribution is 2.42. The maximum absolute atomic E-state index is 9.67. The molecule has 0 aliphatic heterocycles. The number of hydrogen-bond donors (Lipinski definition) is 1. The Hall–Kier alpha value is -0.970. The third-order valence-electron chi connectivity index (χ3n) is 2.12. The van der Waals surface area contributed by atoms with Crippen LogP contribution in [0.5, 0.6) is 0 Å². The van der Waals surface area contributed by atoms with E-state index in [1.807, 2.05) is 0 Å². The van der Waals surface area contributed by atoms with Crippen molar-refractivity contribution < 1.29 is 5.11 Å². The fraction of sp³-hybridized carbons (Fsp3) is 0.875. The van der Waals surface area contributed by atoms with Gasteiger partial charge in [-0.25, -0.2) is 0 Å². The van der Waals surface area contributed by atoms with Gasteiger partial charge in [-0.05, 0) is 24.0 Å². The first kappa shape index (κ1) is 8.62. The van der Waals surface area contributed by atoms with E-state index in [1.54, 1.807) is 4.80 Å². The molecular weight excluding hydrogens is 168 g/mol. The van der Waals surface area contributed by atoms with Crippen molar-refractivity contribution in [1.29, 1.82) is 0 Å². The average molecular weight is 182 g/mol. The van der Waals surface area contributed by atoms with Crippen LogP contribution < -0.4 is 0 Å². The van der Waals surface area contributed by atoms with Crippen molar-refractivity contribution in [3.8, 4) is 0 Å². The van der Waals surface area contributed by atoms with Gasteiger partial charge in [-0.2, -0.15) is 4.80 Å². The van der Waals surface area contributed by atoms with Crippen molar-refractivity contribution in [2.45, 2.75) is 38.8 Å². The Morgan fingerprint density at radius 1 is 1.54 bits per heavy atom. The van der Waals surface area contributed by atoms with E-state index in [9.17, 15) is 5.11 Å². The first-order valence-corrected chi connectivity index (χ1v) is 4.61. The van der Waals surface area contributed by atoms with E-state index in [4.69, 9.17) is 0 Å². The Morgan fingerprint density at radius 2 is 2.23 bits per heavy atom. The van der Waals surface area contributed by atoms with Gasteiger partial charge in [0, 0.05) is 0 Å². The zero-order valence-electron chi connectivity index (χ0n) is 7.93. The minimum atomic E-state index is -0.755. The standard InChI is InChI=1S/C8H14N4O/c1-6(2)5-12-10-7(9-11-12)8(13)3-4-8/h6,13H,3-5H2,1-2H3. The fourth-order valence-corrected chi connectivity index (χ4v) is 1.18. The smallest absolute Gasteiger partial charge is 0.206 e. The number of rotatable bonds is 3. The highest BCUT2D eigenvalue weighted by Gasteiger charge is 2.46. The third-order valence-corrected chi connectivity index (χ3v) is 2.12. The van der Waals surface area contributed by atoms with Gasteiger partial charge in [0.05, 0.1) is 6.54 Å². The van der Waals surface area contributed by atoms with E-state index < -0.39 is 5.60 Å². The predicted octanol–water partition coefficient (Wildman–Crippen LogP) is 0.310. The summed E-state index contributed by atoms with van der Waals surface area (Å²) in [5.41, 5.74) is -0.755. The molecule has 0 bridgehead atoms. The molecule has 1 aliphatic carbocycles. The van der Waals surface area contributed by atoms with Crippen LogP contribution in [-0.4, -0.2) is 25.3 Å². The van der Waals surface area contributed by atoms with Gasteiger partial charge in [-0.15, -0.1) is 10.2 Å². The fourth-order valence-electron chi connectivity index (χ4n) is 1.18. The molecule has 0 saturated heterocycles. The Labute approximate surface area is 76.8 Å². The summed E-state index contributed by atoms with van der Waals surface area (Å²) >= 11 is 0. The summed E-state index contributed by atoms with van der Waals surface area (Å²) in [6.07, 6.45) is 1.53. The molecule has 5 heteroatoms. The first-order valence-electron chi connectivity index (χ1n) is 4.61. The zero-order chi connectivity index (χ0) is 9.47. The Morgan fingerprint density at radius 3 is 2.77 bits per heavy atom. The van der Waals surface area contributed by atoms with Crippen LogP contribution in [0.4, 0.5) is 0 Å². The topological polar surface area (TPSA) is 63.8 Å². The maximum Gasteiger partial charge on any atom is 0.206 e. The van der Waals surface area contributed by atoms with Gasteiger partial charge in [0.15, 0.2) is 0 Å². The molecule has 1 aromatic heterocycles. The largest absolute Gasteiger partial charge is 0.382 e. The SMILES string of the molecule is CC(C)Cn1nnc(C2(O)CC2)n1. The molecule has 0 atom stereocenters. The second-order valence-electron chi connectivity index (χ2n) is 4.09. The minimum absolute atomic E-state index is 0.480. The molecule has 0 amide bonds. The molecule has 1 fully saturated rings. The van der Waals surface area contributed by atoms with Crippen LogP contribution in [0.3, 0.4) is 0 Å². The lowest BCUT2D eigenvalue weighted by molar-refractivity contribution is 0.140. The molecule has 1 aromatic rings. The van der Waals surface area contributed by atoms with E-state index in [-0.39, 0.29) is 0 Å². The number of tetrazole rings is 1. The van der Waals surface area contributed by atoms with Crippen molar-refractivity contribution in [2.75, 3.05) is 0 Å². The van der Waals surface area contributed by atoms with Gasteiger partial charge in [0.25, 0.3) is 0 Å². The van der Waals surface area contributed by atoms with Gasteiger partial charge < -0.3 is 5.11 Å². The highest BCUT2D eigenvalue weighted by atomic mass is 16.3. The van der Waals surface area contributed by atoms with Crippen LogP contribution in [0.25, 0.3) is 0 Å². The first-order chi connectivity index (χ1) is 6.10. The molecule has 0 spiro atoms. The van der Waals surface area contributed by atoms with Gasteiger partial charge in [0.1, 0.15) is 5.60 Å². The predicted molar refractivity (Wildman–Crippen MR) is 45.8 cm³/mol. The quantitative estimate of drug-likeness (QED) is 0.730. The van der Waals surface area contributed by atoms with Gasteiger partial charge >= 0.3 is 0 Å². The van der Waals surface area contributed by atoms with Gasteiger partial charge in [-0.1, -0.05) is 13.8 Å². The summed E-state index contributed by atoms with van der Waals surface area (Å²) in [4.78, 5) is 1.55. The van der Waals surface area contributed by atoms with Crippen LogP contribution in [0.1, 0.15) is 32.5 Å². The molecule has 0 radical (unpaired) electrons. The van der Waals surface area contributed by atoms with Crippen molar-refractivity contribution >= 4 is 0 Å². The van der Waals surface area contributed by atoms with E-state index in [0.717, 1.165) is 19.4 Å². The van der Waals surface area contributed by atoms with Crippen molar-refractivity contribution in [3.63, 3.8) is 0 Å². The summed E-state index contributed by atoms with van der Waals surface area (Å²) in [7, 11) is 0. The molecule has 72 valence electrons. The zero-order valence-corrected chi connectivity index (χ0v) is 7.93. The second kappa shape index (κ2) is 2.77.